The minimum Gasteiger partial charge on any atom is -0.435 e. The average molecular weight is 406 g/mol. The summed E-state index contributed by atoms with van der Waals surface area (Å²) in [5, 5.41) is 2.98. The lowest BCUT2D eigenvalue weighted by molar-refractivity contribution is -0.137. The van der Waals surface area contributed by atoms with Crippen molar-refractivity contribution in [2.24, 2.45) is 0 Å². The number of rotatable bonds is 8. The summed E-state index contributed by atoms with van der Waals surface area (Å²) in [6, 6.07) is 8.18. The van der Waals surface area contributed by atoms with Crippen LogP contribution in [0.25, 0.3) is 0 Å². The highest BCUT2D eigenvalue weighted by atomic mass is 32.2. The van der Waals surface area contributed by atoms with Crippen LogP contribution in [0.3, 0.4) is 0 Å². The minimum atomic E-state index is -4.45. The number of thioether (sulfide) groups is 1. The Hall–Kier alpha value is -2.36. The van der Waals surface area contributed by atoms with E-state index in [1.54, 1.807) is 12.1 Å². The van der Waals surface area contributed by atoms with Crippen LogP contribution in [-0.2, 0) is 17.4 Å². The molecule has 0 aliphatic rings. The van der Waals surface area contributed by atoms with Gasteiger partial charge in [-0.05, 0) is 36.2 Å². The van der Waals surface area contributed by atoms with E-state index in [1.165, 1.54) is 18.2 Å². The summed E-state index contributed by atoms with van der Waals surface area (Å²) in [6.07, 6.45) is -3.23. The Balaban J connectivity index is 1.70. The molecule has 27 heavy (non-hydrogen) atoms. The summed E-state index contributed by atoms with van der Waals surface area (Å²) in [6.45, 7) is -2.55. The molecule has 0 fully saturated rings. The van der Waals surface area contributed by atoms with Gasteiger partial charge in [-0.25, -0.2) is 4.98 Å². The molecule has 1 N–H and O–H groups in total. The Bertz CT molecular complexity index is 736. The molecule has 0 atom stereocenters. The second kappa shape index (κ2) is 9.54. The van der Waals surface area contributed by atoms with Gasteiger partial charge >= 0.3 is 12.8 Å². The molecule has 1 aromatic carbocycles. The third-order valence-corrected chi connectivity index (χ3v) is 4.24. The molecule has 0 saturated carbocycles. The van der Waals surface area contributed by atoms with E-state index >= 15 is 0 Å². The van der Waals surface area contributed by atoms with Crippen LogP contribution >= 0.6 is 11.8 Å². The van der Waals surface area contributed by atoms with E-state index < -0.39 is 18.4 Å². The first-order chi connectivity index (χ1) is 12.7. The number of nitrogens with zero attached hydrogens (tertiary/aromatic N) is 1. The molecule has 0 bridgehead atoms. The maximum Gasteiger partial charge on any atom is 0.417 e. The van der Waals surface area contributed by atoms with Gasteiger partial charge in [0, 0.05) is 12.7 Å². The zero-order valence-electron chi connectivity index (χ0n) is 13.8. The fraction of sp³-hybridized carbons (Fsp3) is 0.294. The number of carbonyl (C=O) groups excluding carboxylic acids is 1. The van der Waals surface area contributed by atoms with Crippen LogP contribution in [0.5, 0.6) is 5.75 Å². The zero-order valence-corrected chi connectivity index (χ0v) is 14.6. The van der Waals surface area contributed by atoms with E-state index in [-0.39, 0.29) is 17.4 Å². The number of aromatic nitrogens is 1. The number of halogens is 5. The van der Waals surface area contributed by atoms with E-state index in [1.807, 2.05) is 0 Å². The largest absolute Gasteiger partial charge is 0.435 e. The molecule has 146 valence electrons. The topological polar surface area (TPSA) is 51.2 Å². The van der Waals surface area contributed by atoms with Crippen molar-refractivity contribution in [3.63, 3.8) is 0 Å². The number of nitrogens with one attached hydrogen (secondary N) is 1. The van der Waals surface area contributed by atoms with Gasteiger partial charge < -0.3 is 10.1 Å². The Kier molecular flexibility index (Phi) is 7.40. The number of hydrogen-bond acceptors (Lipinski definition) is 4. The molecule has 0 saturated heterocycles. The molecule has 1 heterocycles. The number of pyridine rings is 1. The van der Waals surface area contributed by atoms with Gasteiger partial charge in [-0.1, -0.05) is 23.9 Å². The lowest BCUT2D eigenvalue weighted by Crippen LogP contribution is -2.27. The summed E-state index contributed by atoms with van der Waals surface area (Å²) >= 11 is 1.02. The Labute approximate surface area is 156 Å². The molecule has 0 aliphatic carbocycles. The first-order valence-corrected chi connectivity index (χ1v) is 8.69. The van der Waals surface area contributed by atoms with Gasteiger partial charge in [-0.15, -0.1) is 0 Å². The van der Waals surface area contributed by atoms with Crippen molar-refractivity contribution in [2.75, 3.05) is 12.3 Å². The smallest absolute Gasteiger partial charge is 0.417 e. The number of ether oxygens (including phenoxy) is 1. The van der Waals surface area contributed by atoms with E-state index in [2.05, 4.69) is 15.0 Å². The van der Waals surface area contributed by atoms with Crippen molar-refractivity contribution in [1.29, 1.82) is 0 Å². The first kappa shape index (κ1) is 20.9. The number of carbonyl (C=O) groups is 1. The summed E-state index contributed by atoms with van der Waals surface area (Å²) in [5.41, 5.74) is -0.0183. The zero-order chi connectivity index (χ0) is 19.9. The van der Waals surface area contributed by atoms with Crippen LogP contribution in [0.15, 0.2) is 47.6 Å². The lowest BCUT2D eigenvalue weighted by Gasteiger charge is -2.08. The predicted molar refractivity (Wildman–Crippen MR) is 89.8 cm³/mol. The maximum atomic E-state index is 12.4. The second-order valence-corrected chi connectivity index (χ2v) is 6.29. The highest BCUT2D eigenvalue weighted by Gasteiger charge is 2.30. The van der Waals surface area contributed by atoms with Crippen molar-refractivity contribution in [2.45, 2.75) is 24.2 Å². The lowest BCUT2D eigenvalue weighted by atomic mass is 10.1. The Morgan fingerprint density at radius 1 is 1.15 bits per heavy atom. The summed E-state index contributed by atoms with van der Waals surface area (Å²) in [4.78, 5) is 15.4. The molecule has 1 amide bonds. The van der Waals surface area contributed by atoms with Gasteiger partial charge in [-0.2, -0.15) is 22.0 Å². The van der Waals surface area contributed by atoms with Gasteiger partial charge in [0.05, 0.1) is 16.3 Å². The van der Waals surface area contributed by atoms with Crippen molar-refractivity contribution in [3.05, 3.63) is 53.7 Å². The standard InChI is InChI=1S/C17H15F5N2O2S/c18-16(19)26-13-4-1-11(2-5-13)7-8-23-14(25)10-27-15-6-3-12(9-24-15)17(20,21)22/h1-6,9,16H,7-8,10H2,(H,23,25). The summed E-state index contributed by atoms with van der Waals surface area (Å²) < 4.78 is 65.7. The van der Waals surface area contributed by atoms with Crippen LogP contribution in [0.4, 0.5) is 22.0 Å². The van der Waals surface area contributed by atoms with Crippen LogP contribution in [0.1, 0.15) is 11.1 Å². The monoisotopic (exact) mass is 406 g/mol. The van der Waals surface area contributed by atoms with Crippen molar-refractivity contribution in [3.8, 4) is 5.75 Å². The second-order valence-electron chi connectivity index (χ2n) is 5.29. The van der Waals surface area contributed by atoms with Gasteiger partial charge in [0.1, 0.15) is 5.75 Å². The van der Waals surface area contributed by atoms with Crippen LogP contribution in [0, 0.1) is 0 Å². The van der Waals surface area contributed by atoms with Crippen molar-refractivity contribution in [1.82, 2.24) is 10.3 Å². The van der Waals surface area contributed by atoms with Crippen molar-refractivity contribution >= 4 is 17.7 Å². The van der Waals surface area contributed by atoms with E-state index in [0.29, 0.717) is 18.0 Å². The predicted octanol–water partition coefficient (Wildman–Crippen LogP) is 4.15. The number of alkyl halides is 5. The fourth-order valence-corrected chi connectivity index (χ4v) is 2.68. The highest BCUT2D eigenvalue weighted by Crippen LogP contribution is 2.29. The molecule has 2 aromatic rings. The fourth-order valence-electron chi connectivity index (χ4n) is 2.01. The van der Waals surface area contributed by atoms with E-state index in [9.17, 15) is 26.7 Å². The molecule has 0 spiro atoms. The highest BCUT2D eigenvalue weighted by molar-refractivity contribution is 7.99. The van der Waals surface area contributed by atoms with Gasteiger partial charge in [0.25, 0.3) is 0 Å². The molecule has 0 radical (unpaired) electrons. The minimum absolute atomic E-state index is 0.0134. The van der Waals surface area contributed by atoms with Gasteiger partial charge in [-0.3, -0.25) is 4.79 Å². The normalized spacial score (nSPS) is 11.5. The third kappa shape index (κ3) is 7.41. The molecule has 0 aliphatic heterocycles. The molecule has 1 aromatic heterocycles. The van der Waals surface area contributed by atoms with Gasteiger partial charge in [0.2, 0.25) is 5.91 Å². The number of benzene rings is 1. The number of amides is 1. The summed E-state index contributed by atoms with van der Waals surface area (Å²) in [7, 11) is 0. The van der Waals surface area contributed by atoms with Crippen molar-refractivity contribution < 1.29 is 31.5 Å². The van der Waals surface area contributed by atoms with E-state index in [0.717, 1.165) is 29.6 Å². The molecule has 10 heteroatoms. The van der Waals surface area contributed by atoms with Gasteiger partial charge in [0.15, 0.2) is 0 Å². The van der Waals surface area contributed by atoms with Crippen LogP contribution in [0.2, 0.25) is 0 Å². The average Bonchev–Trinajstić information content (AvgIpc) is 2.60. The van der Waals surface area contributed by atoms with E-state index in [4.69, 9.17) is 0 Å². The first-order valence-electron chi connectivity index (χ1n) is 7.70. The van der Waals surface area contributed by atoms with Crippen LogP contribution in [-0.4, -0.2) is 29.8 Å². The molecular formula is C17H15F5N2O2S. The SMILES string of the molecule is O=C(CSc1ccc(C(F)(F)F)cn1)NCCc1ccc(OC(F)F)cc1. The molecule has 0 unspecified atom stereocenters. The third-order valence-electron chi connectivity index (χ3n) is 3.30. The van der Waals surface area contributed by atoms with Crippen LogP contribution < -0.4 is 10.1 Å². The maximum absolute atomic E-state index is 12.4. The number of hydrogen-bond donors (Lipinski definition) is 1. The molecule has 2 rings (SSSR count). The summed E-state index contributed by atoms with van der Waals surface area (Å²) in [5.74, 6) is -0.225. The molecule has 4 nitrogen and oxygen atoms in total. The quantitative estimate of drug-likeness (QED) is 0.529. The Morgan fingerprint density at radius 3 is 2.41 bits per heavy atom. The Morgan fingerprint density at radius 2 is 1.85 bits per heavy atom. The molecular weight excluding hydrogens is 391 g/mol.